The van der Waals surface area contributed by atoms with Crippen LogP contribution in [0.3, 0.4) is 0 Å². The van der Waals surface area contributed by atoms with Crippen molar-refractivity contribution >= 4 is 0 Å². The Bertz CT molecular complexity index is 293. The Labute approximate surface area is 122 Å². The topological polar surface area (TPSA) is 39.7 Å². The molecule has 3 aliphatic heterocycles. The average Bonchev–Trinajstić information content (AvgIpc) is 2.99. The number of nitrogens with one attached hydrogen (secondary N) is 1. The standard InChI is InChI=1S/C16H29NO3/c1-2-17-15(14-4-3-8-19-14)13-5-9-20-16(12-13)6-10-18-11-7-16/h13-15,17H,2-12H2,1H3. The first-order chi connectivity index (χ1) is 9.83. The summed E-state index contributed by atoms with van der Waals surface area (Å²) in [5.74, 6) is 0.685. The van der Waals surface area contributed by atoms with Gasteiger partial charge in [0.1, 0.15) is 0 Å². The fraction of sp³-hybridized carbons (Fsp3) is 1.00. The number of rotatable bonds is 4. The van der Waals surface area contributed by atoms with Gasteiger partial charge >= 0.3 is 0 Å². The summed E-state index contributed by atoms with van der Waals surface area (Å²) in [6, 6.07) is 0.506. The van der Waals surface area contributed by atoms with E-state index < -0.39 is 0 Å². The molecular formula is C16H29NO3. The number of ether oxygens (including phenoxy) is 3. The van der Waals surface area contributed by atoms with Gasteiger partial charge < -0.3 is 19.5 Å². The molecule has 0 aromatic heterocycles. The second kappa shape index (κ2) is 6.73. The van der Waals surface area contributed by atoms with Gasteiger partial charge in [0.2, 0.25) is 0 Å². The molecule has 3 heterocycles. The average molecular weight is 283 g/mol. The Morgan fingerprint density at radius 1 is 1.15 bits per heavy atom. The van der Waals surface area contributed by atoms with Gasteiger partial charge in [-0.3, -0.25) is 0 Å². The van der Waals surface area contributed by atoms with E-state index in [2.05, 4.69) is 12.2 Å². The van der Waals surface area contributed by atoms with Crippen molar-refractivity contribution in [2.75, 3.05) is 33.0 Å². The van der Waals surface area contributed by atoms with Crippen molar-refractivity contribution in [2.24, 2.45) is 5.92 Å². The van der Waals surface area contributed by atoms with E-state index in [4.69, 9.17) is 14.2 Å². The lowest BCUT2D eigenvalue weighted by atomic mass is 9.76. The van der Waals surface area contributed by atoms with Crippen LogP contribution in [0.5, 0.6) is 0 Å². The number of likely N-dealkylation sites (N-methyl/N-ethyl adjacent to an activating group) is 1. The molecule has 4 heteroatoms. The summed E-state index contributed by atoms with van der Waals surface area (Å²) in [7, 11) is 0. The van der Waals surface area contributed by atoms with Crippen molar-refractivity contribution in [3.05, 3.63) is 0 Å². The molecule has 20 heavy (non-hydrogen) atoms. The van der Waals surface area contributed by atoms with E-state index in [0.29, 0.717) is 18.1 Å². The van der Waals surface area contributed by atoms with Crippen molar-refractivity contribution in [1.82, 2.24) is 5.32 Å². The van der Waals surface area contributed by atoms with E-state index >= 15 is 0 Å². The van der Waals surface area contributed by atoms with E-state index in [1.165, 1.54) is 25.7 Å². The van der Waals surface area contributed by atoms with Gasteiger partial charge in [0.15, 0.2) is 0 Å². The highest BCUT2D eigenvalue weighted by molar-refractivity contribution is 4.95. The molecule has 0 bridgehead atoms. The second-order valence-electron chi connectivity index (χ2n) is 6.53. The predicted octanol–water partition coefficient (Wildman–Crippen LogP) is 2.12. The summed E-state index contributed by atoms with van der Waals surface area (Å²) in [6.07, 6.45) is 7.31. The highest BCUT2D eigenvalue weighted by atomic mass is 16.5. The van der Waals surface area contributed by atoms with Crippen molar-refractivity contribution < 1.29 is 14.2 Å². The van der Waals surface area contributed by atoms with Crippen molar-refractivity contribution in [3.63, 3.8) is 0 Å². The molecule has 0 amide bonds. The lowest BCUT2D eigenvalue weighted by Crippen LogP contribution is -2.52. The van der Waals surface area contributed by atoms with Gasteiger partial charge in [0.25, 0.3) is 0 Å². The van der Waals surface area contributed by atoms with E-state index in [-0.39, 0.29) is 5.60 Å². The van der Waals surface area contributed by atoms with E-state index in [1.54, 1.807) is 0 Å². The summed E-state index contributed by atoms with van der Waals surface area (Å²) in [5, 5.41) is 3.70. The Morgan fingerprint density at radius 2 is 2.00 bits per heavy atom. The molecule has 3 rings (SSSR count). The van der Waals surface area contributed by atoms with Crippen LogP contribution >= 0.6 is 0 Å². The molecule has 3 saturated heterocycles. The van der Waals surface area contributed by atoms with Crippen LogP contribution < -0.4 is 5.32 Å². The third kappa shape index (κ3) is 3.19. The van der Waals surface area contributed by atoms with Crippen LogP contribution in [-0.2, 0) is 14.2 Å². The Balaban J connectivity index is 1.66. The van der Waals surface area contributed by atoms with E-state index in [1.807, 2.05) is 0 Å². The molecular weight excluding hydrogens is 254 g/mol. The van der Waals surface area contributed by atoms with Crippen molar-refractivity contribution in [3.8, 4) is 0 Å². The normalized spacial score (nSPS) is 35.2. The third-order valence-electron chi connectivity index (χ3n) is 5.25. The van der Waals surface area contributed by atoms with Gasteiger partial charge in [-0.15, -0.1) is 0 Å². The molecule has 3 aliphatic rings. The predicted molar refractivity (Wildman–Crippen MR) is 77.9 cm³/mol. The van der Waals surface area contributed by atoms with Crippen LogP contribution in [-0.4, -0.2) is 50.7 Å². The van der Waals surface area contributed by atoms with Crippen LogP contribution in [0.15, 0.2) is 0 Å². The van der Waals surface area contributed by atoms with Crippen LogP contribution in [0.1, 0.15) is 45.4 Å². The maximum absolute atomic E-state index is 6.18. The van der Waals surface area contributed by atoms with Gasteiger partial charge in [-0.1, -0.05) is 6.92 Å². The third-order valence-corrected chi connectivity index (χ3v) is 5.25. The van der Waals surface area contributed by atoms with E-state index in [9.17, 15) is 0 Å². The highest BCUT2D eigenvalue weighted by Crippen LogP contribution is 2.39. The zero-order chi connectivity index (χ0) is 13.8. The first-order valence-corrected chi connectivity index (χ1v) is 8.40. The van der Waals surface area contributed by atoms with Gasteiger partial charge in [-0.25, -0.2) is 0 Å². The quantitative estimate of drug-likeness (QED) is 0.858. The van der Waals surface area contributed by atoms with Crippen LogP contribution in [0.2, 0.25) is 0 Å². The Morgan fingerprint density at radius 3 is 2.70 bits per heavy atom. The maximum atomic E-state index is 6.18. The lowest BCUT2D eigenvalue weighted by molar-refractivity contribution is -0.153. The number of hydrogen-bond donors (Lipinski definition) is 1. The monoisotopic (exact) mass is 283 g/mol. The molecule has 3 unspecified atom stereocenters. The Kier molecular flexibility index (Phi) is 4.97. The largest absolute Gasteiger partial charge is 0.381 e. The molecule has 0 aliphatic carbocycles. The molecule has 0 aromatic carbocycles. The summed E-state index contributed by atoms with van der Waals surface area (Å²) < 4.78 is 17.7. The molecule has 1 N–H and O–H groups in total. The number of hydrogen-bond acceptors (Lipinski definition) is 4. The van der Waals surface area contributed by atoms with E-state index in [0.717, 1.165) is 45.8 Å². The summed E-state index contributed by atoms with van der Waals surface area (Å²) in [5.41, 5.74) is 0.0907. The van der Waals surface area contributed by atoms with Crippen molar-refractivity contribution in [2.45, 2.75) is 63.2 Å². The second-order valence-corrected chi connectivity index (χ2v) is 6.53. The first kappa shape index (κ1) is 14.8. The van der Waals surface area contributed by atoms with Crippen LogP contribution in [0.25, 0.3) is 0 Å². The van der Waals surface area contributed by atoms with Gasteiger partial charge in [-0.05, 0) is 51.0 Å². The zero-order valence-electron chi connectivity index (χ0n) is 12.7. The summed E-state index contributed by atoms with van der Waals surface area (Å²) in [6.45, 7) is 6.79. The summed E-state index contributed by atoms with van der Waals surface area (Å²) >= 11 is 0. The smallest absolute Gasteiger partial charge is 0.0731 e. The molecule has 3 atom stereocenters. The van der Waals surface area contributed by atoms with Crippen LogP contribution in [0.4, 0.5) is 0 Å². The van der Waals surface area contributed by atoms with Gasteiger partial charge in [0, 0.05) is 32.5 Å². The van der Waals surface area contributed by atoms with Gasteiger partial charge in [-0.2, -0.15) is 0 Å². The minimum atomic E-state index is 0.0907. The molecule has 116 valence electrons. The SMILES string of the molecule is CCNC(C1CCOC2(CCOCC2)C1)C1CCCO1. The van der Waals surface area contributed by atoms with Crippen molar-refractivity contribution in [1.29, 1.82) is 0 Å². The minimum absolute atomic E-state index is 0.0907. The zero-order valence-corrected chi connectivity index (χ0v) is 12.7. The van der Waals surface area contributed by atoms with Crippen LogP contribution in [0, 0.1) is 5.92 Å². The minimum Gasteiger partial charge on any atom is -0.381 e. The fourth-order valence-corrected chi connectivity index (χ4v) is 4.19. The summed E-state index contributed by atoms with van der Waals surface area (Å²) in [4.78, 5) is 0. The molecule has 0 aromatic rings. The Hall–Kier alpha value is -0.160. The molecule has 0 saturated carbocycles. The molecule has 1 spiro atoms. The molecule has 4 nitrogen and oxygen atoms in total. The van der Waals surface area contributed by atoms with Gasteiger partial charge in [0.05, 0.1) is 11.7 Å². The maximum Gasteiger partial charge on any atom is 0.0731 e. The lowest BCUT2D eigenvalue weighted by Gasteiger charge is -2.46. The molecule has 3 fully saturated rings. The fourth-order valence-electron chi connectivity index (χ4n) is 4.19. The highest BCUT2D eigenvalue weighted by Gasteiger charge is 2.43. The first-order valence-electron chi connectivity index (χ1n) is 8.40. The molecule has 0 radical (unpaired) electrons.